The topological polar surface area (TPSA) is 29.9 Å². The van der Waals surface area contributed by atoms with Crippen LogP contribution in [0.1, 0.15) is 32.2 Å². The molecule has 0 bridgehead atoms. The summed E-state index contributed by atoms with van der Waals surface area (Å²) in [6.07, 6.45) is 9.68. The Morgan fingerprint density at radius 2 is 2.46 bits per heavy atom. The van der Waals surface area contributed by atoms with Gasteiger partial charge in [0, 0.05) is 31.0 Å². The van der Waals surface area contributed by atoms with E-state index in [0.717, 1.165) is 19.0 Å². The molecule has 1 aromatic heterocycles. The van der Waals surface area contributed by atoms with Crippen LogP contribution in [0.5, 0.6) is 0 Å². The van der Waals surface area contributed by atoms with Gasteiger partial charge in [-0.05, 0) is 19.3 Å². The molecule has 3 heteroatoms. The number of hydrogen-bond acceptors (Lipinski definition) is 2. The average molecular weight is 179 g/mol. The number of rotatable bonds is 5. The van der Waals surface area contributed by atoms with Crippen molar-refractivity contribution in [3.8, 4) is 0 Å². The lowest BCUT2D eigenvalue weighted by Crippen LogP contribution is -2.26. The van der Waals surface area contributed by atoms with Crippen molar-refractivity contribution in [3.63, 3.8) is 0 Å². The zero-order valence-electron chi connectivity index (χ0n) is 8.11. The van der Waals surface area contributed by atoms with Crippen molar-refractivity contribution in [2.24, 2.45) is 0 Å². The van der Waals surface area contributed by atoms with Gasteiger partial charge in [0.05, 0.1) is 6.33 Å². The van der Waals surface area contributed by atoms with E-state index < -0.39 is 0 Å². The van der Waals surface area contributed by atoms with Crippen LogP contribution in [0, 0.1) is 0 Å². The number of nitrogens with one attached hydrogen (secondary N) is 1. The minimum atomic E-state index is 0.572. The van der Waals surface area contributed by atoms with Gasteiger partial charge in [0.25, 0.3) is 0 Å². The SMILES string of the molecule is CCC(CNC1CC1)n1ccnc1. The third-order valence-electron chi connectivity index (χ3n) is 2.64. The van der Waals surface area contributed by atoms with Gasteiger partial charge in [0.1, 0.15) is 0 Å². The summed E-state index contributed by atoms with van der Waals surface area (Å²) in [5.74, 6) is 0. The molecule has 13 heavy (non-hydrogen) atoms. The lowest BCUT2D eigenvalue weighted by atomic mass is 10.2. The van der Waals surface area contributed by atoms with Crippen LogP contribution in [0.2, 0.25) is 0 Å². The molecule has 0 saturated heterocycles. The van der Waals surface area contributed by atoms with E-state index in [9.17, 15) is 0 Å². The molecule has 1 aliphatic rings. The summed E-state index contributed by atoms with van der Waals surface area (Å²) in [5.41, 5.74) is 0. The molecule has 1 N–H and O–H groups in total. The van der Waals surface area contributed by atoms with E-state index in [1.54, 1.807) is 0 Å². The van der Waals surface area contributed by atoms with Gasteiger partial charge in [-0.15, -0.1) is 0 Å². The molecular weight excluding hydrogens is 162 g/mol. The molecule has 1 atom stereocenters. The fraction of sp³-hybridized carbons (Fsp3) is 0.700. The van der Waals surface area contributed by atoms with Crippen molar-refractivity contribution in [3.05, 3.63) is 18.7 Å². The number of hydrogen-bond donors (Lipinski definition) is 1. The molecule has 0 radical (unpaired) electrons. The molecule has 1 unspecified atom stereocenters. The first-order chi connectivity index (χ1) is 6.40. The fourth-order valence-electron chi connectivity index (χ4n) is 1.54. The lowest BCUT2D eigenvalue weighted by molar-refractivity contribution is 0.445. The predicted octanol–water partition coefficient (Wildman–Crippen LogP) is 1.59. The Bertz CT molecular complexity index is 239. The lowest BCUT2D eigenvalue weighted by Gasteiger charge is -2.16. The van der Waals surface area contributed by atoms with Crippen LogP contribution in [0.25, 0.3) is 0 Å². The average Bonchev–Trinajstić information content (AvgIpc) is 2.81. The maximum Gasteiger partial charge on any atom is 0.0948 e. The molecule has 0 spiro atoms. The summed E-state index contributed by atoms with van der Waals surface area (Å²) in [6.45, 7) is 3.30. The first kappa shape index (κ1) is 8.75. The van der Waals surface area contributed by atoms with Crippen molar-refractivity contribution in [1.29, 1.82) is 0 Å². The van der Waals surface area contributed by atoms with E-state index in [1.807, 2.05) is 18.7 Å². The first-order valence-corrected chi connectivity index (χ1v) is 5.11. The zero-order valence-corrected chi connectivity index (χ0v) is 8.11. The third-order valence-corrected chi connectivity index (χ3v) is 2.64. The van der Waals surface area contributed by atoms with Crippen molar-refractivity contribution in [1.82, 2.24) is 14.9 Å². The van der Waals surface area contributed by atoms with Gasteiger partial charge >= 0.3 is 0 Å². The number of imidazole rings is 1. The molecule has 1 aliphatic carbocycles. The smallest absolute Gasteiger partial charge is 0.0948 e. The highest BCUT2D eigenvalue weighted by atomic mass is 15.1. The van der Waals surface area contributed by atoms with E-state index in [1.165, 1.54) is 12.8 Å². The van der Waals surface area contributed by atoms with Crippen molar-refractivity contribution in [2.45, 2.75) is 38.3 Å². The van der Waals surface area contributed by atoms with Gasteiger partial charge < -0.3 is 9.88 Å². The first-order valence-electron chi connectivity index (χ1n) is 5.11. The van der Waals surface area contributed by atoms with Gasteiger partial charge in [-0.25, -0.2) is 4.98 Å². The highest BCUT2D eigenvalue weighted by molar-refractivity contribution is 4.85. The third kappa shape index (κ3) is 2.31. The molecule has 1 aromatic rings. The van der Waals surface area contributed by atoms with Gasteiger partial charge in [-0.2, -0.15) is 0 Å². The minimum absolute atomic E-state index is 0.572. The summed E-state index contributed by atoms with van der Waals surface area (Å²) in [5, 5.41) is 3.55. The van der Waals surface area contributed by atoms with Crippen LogP contribution < -0.4 is 5.32 Å². The zero-order chi connectivity index (χ0) is 9.10. The Morgan fingerprint density at radius 1 is 1.62 bits per heavy atom. The van der Waals surface area contributed by atoms with Crippen molar-refractivity contribution >= 4 is 0 Å². The van der Waals surface area contributed by atoms with Gasteiger partial charge in [-0.1, -0.05) is 6.92 Å². The number of nitrogens with zero attached hydrogens (tertiary/aromatic N) is 2. The van der Waals surface area contributed by atoms with Gasteiger partial charge in [-0.3, -0.25) is 0 Å². The van der Waals surface area contributed by atoms with E-state index in [4.69, 9.17) is 0 Å². The second-order valence-electron chi connectivity index (χ2n) is 3.75. The molecule has 72 valence electrons. The van der Waals surface area contributed by atoms with Crippen LogP contribution in [0.3, 0.4) is 0 Å². The monoisotopic (exact) mass is 179 g/mol. The molecule has 1 saturated carbocycles. The van der Waals surface area contributed by atoms with Crippen LogP contribution in [0.15, 0.2) is 18.7 Å². The van der Waals surface area contributed by atoms with Crippen molar-refractivity contribution in [2.75, 3.05) is 6.54 Å². The maximum absolute atomic E-state index is 4.07. The van der Waals surface area contributed by atoms with Gasteiger partial charge in [0.15, 0.2) is 0 Å². The summed E-state index contributed by atoms with van der Waals surface area (Å²) in [4.78, 5) is 4.07. The Balaban J connectivity index is 1.85. The molecular formula is C10H17N3. The maximum atomic E-state index is 4.07. The normalized spacial score (nSPS) is 18.8. The molecule has 2 rings (SSSR count). The summed E-state index contributed by atoms with van der Waals surface area (Å²) in [7, 11) is 0. The second kappa shape index (κ2) is 3.92. The largest absolute Gasteiger partial charge is 0.333 e. The second-order valence-corrected chi connectivity index (χ2v) is 3.75. The molecule has 0 aromatic carbocycles. The number of aromatic nitrogens is 2. The highest BCUT2D eigenvalue weighted by Crippen LogP contribution is 2.20. The Labute approximate surface area is 79.2 Å². The Hall–Kier alpha value is -0.830. The quantitative estimate of drug-likeness (QED) is 0.744. The molecule has 3 nitrogen and oxygen atoms in total. The molecule has 0 aliphatic heterocycles. The predicted molar refractivity (Wildman–Crippen MR) is 52.6 cm³/mol. The van der Waals surface area contributed by atoms with E-state index in [2.05, 4.69) is 21.8 Å². The van der Waals surface area contributed by atoms with Gasteiger partial charge in [0.2, 0.25) is 0 Å². The Kier molecular flexibility index (Phi) is 2.64. The molecule has 0 amide bonds. The van der Waals surface area contributed by atoms with Crippen LogP contribution >= 0.6 is 0 Å². The summed E-state index contributed by atoms with van der Waals surface area (Å²) in [6, 6.07) is 1.38. The molecule has 1 heterocycles. The standard InChI is InChI=1S/C10H17N3/c1-2-10(7-12-9-3-4-9)13-6-5-11-8-13/h5-6,8-10,12H,2-4,7H2,1H3. The van der Waals surface area contributed by atoms with E-state index >= 15 is 0 Å². The Morgan fingerprint density at radius 3 is 3.00 bits per heavy atom. The summed E-state index contributed by atoms with van der Waals surface area (Å²) >= 11 is 0. The van der Waals surface area contributed by atoms with Crippen LogP contribution in [-0.4, -0.2) is 22.1 Å². The molecule has 1 fully saturated rings. The van der Waals surface area contributed by atoms with E-state index in [-0.39, 0.29) is 0 Å². The van der Waals surface area contributed by atoms with Crippen molar-refractivity contribution < 1.29 is 0 Å². The van der Waals surface area contributed by atoms with Crippen LogP contribution in [-0.2, 0) is 0 Å². The minimum Gasteiger partial charge on any atom is -0.333 e. The summed E-state index contributed by atoms with van der Waals surface area (Å²) < 4.78 is 2.19. The van der Waals surface area contributed by atoms with Crippen LogP contribution in [0.4, 0.5) is 0 Å². The fourth-order valence-corrected chi connectivity index (χ4v) is 1.54. The van der Waals surface area contributed by atoms with E-state index in [0.29, 0.717) is 6.04 Å². The highest BCUT2D eigenvalue weighted by Gasteiger charge is 2.21.